The van der Waals surface area contributed by atoms with Gasteiger partial charge in [0.05, 0.1) is 5.92 Å². The molecule has 124 valence electrons. The second kappa shape index (κ2) is 7.56. The minimum absolute atomic E-state index is 0.304. The predicted molar refractivity (Wildman–Crippen MR) is 59.8 cm³/mol. The van der Waals surface area contributed by atoms with Crippen molar-refractivity contribution in [3.8, 4) is 0 Å². The SMILES string of the molecule is O=C(OC(C(F)(F)F)C(F)(F)SOOO)C1CCCCC1. The van der Waals surface area contributed by atoms with Crippen molar-refractivity contribution in [3.63, 3.8) is 0 Å². The molecule has 0 aromatic heterocycles. The molecular formula is C10H13F5O5S. The third-order valence-electron chi connectivity index (χ3n) is 2.95. The standard InChI is InChI=1S/C10H13F5O5S/c11-9(12,13)8(10(14,15)21-20-19-17)18-7(16)6-4-2-1-3-5-6/h6,8,17H,1-5H2. The van der Waals surface area contributed by atoms with Crippen LogP contribution in [0.1, 0.15) is 32.1 Å². The summed E-state index contributed by atoms with van der Waals surface area (Å²) in [6.07, 6.45) is -6.50. The van der Waals surface area contributed by atoms with Crippen LogP contribution in [0.4, 0.5) is 22.0 Å². The molecule has 0 bridgehead atoms. The van der Waals surface area contributed by atoms with Gasteiger partial charge < -0.3 is 4.74 Å². The summed E-state index contributed by atoms with van der Waals surface area (Å²) in [4.78, 5) is 11.6. The lowest BCUT2D eigenvalue weighted by Crippen LogP contribution is -2.47. The van der Waals surface area contributed by atoms with Gasteiger partial charge in [-0.15, -0.1) is 4.33 Å². The largest absolute Gasteiger partial charge is 0.445 e. The highest BCUT2D eigenvalue weighted by molar-refractivity contribution is 7.95. The normalized spacial score (nSPS) is 19.3. The van der Waals surface area contributed by atoms with E-state index in [1.165, 1.54) is 0 Å². The van der Waals surface area contributed by atoms with Crippen molar-refractivity contribution in [1.29, 1.82) is 0 Å². The highest BCUT2D eigenvalue weighted by Crippen LogP contribution is 2.43. The van der Waals surface area contributed by atoms with E-state index in [1.54, 1.807) is 0 Å². The van der Waals surface area contributed by atoms with Crippen molar-refractivity contribution < 1.29 is 46.1 Å². The lowest BCUT2D eigenvalue weighted by Gasteiger charge is -2.28. The van der Waals surface area contributed by atoms with E-state index in [4.69, 9.17) is 5.26 Å². The topological polar surface area (TPSA) is 65.0 Å². The Labute approximate surface area is 120 Å². The van der Waals surface area contributed by atoms with Crippen LogP contribution in [0, 0.1) is 5.92 Å². The zero-order valence-electron chi connectivity index (χ0n) is 10.6. The number of ether oxygens (including phenoxy) is 1. The van der Waals surface area contributed by atoms with Gasteiger partial charge in [0.15, 0.2) is 0 Å². The van der Waals surface area contributed by atoms with Gasteiger partial charge in [-0.25, -0.2) is 5.26 Å². The number of rotatable bonds is 6. The maximum absolute atomic E-state index is 13.3. The average molecular weight is 340 g/mol. The number of hydrogen-bond donors (Lipinski definition) is 1. The van der Waals surface area contributed by atoms with E-state index in [0.29, 0.717) is 25.7 Å². The molecule has 21 heavy (non-hydrogen) atoms. The monoisotopic (exact) mass is 340 g/mol. The van der Waals surface area contributed by atoms with Crippen molar-refractivity contribution in [2.75, 3.05) is 0 Å². The number of carbonyl (C=O) groups excluding carboxylic acids is 1. The number of alkyl halides is 5. The quantitative estimate of drug-likeness (QED) is 0.261. The minimum Gasteiger partial charge on any atom is -0.445 e. The first kappa shape index (κ1) is 18.4. The van der Waals surface area contributed by atoms with Crippen LogP contribution < -0.4 is 0 Å². The summed E-state index contributed by atoms with van der Waals surface area (Å²) in [6.45, 7) is 0. The Morgan fingerprint density at radius 3 is 2.19 bits per heavy atom. The fraction of sp³-hybridized carbons (Fsp3) is 0.900. The molecule has 1 aliphatic carbocycles. The number of hydrogen-bond acceptors (Lipinski definition) is 6. The Hall–Kier alpha value is -0.650. The van der Waals surface area contributed by atoms with Gasteiger partial charge in [0.25, 0.3) is 6.10 Å². The van der Waals surface area contributed by atoms with Gasteiger partial charge in [-0.3, -0.25) is 4.79 Å². The van der Waals surface area contributed by atoms with Crippen molar-refractivity contribution in [2.45, 2.75) is 49.6 Å². The smallest absolute Gasteiger partial charge is 0.432 e. The first-order chi connectivity index (χ1) is 9.68. The highest BCUT2D eigenvalue weighted by atomic mass is 32.2. The third kappa shape index (κ3) is 5.57. The molecule has 1 N–H and O–H groups in total. The third-order valence-corrected chi connectivity index (χ3v) is 3.52. The van der Waals surface area contributed by atoms with Gasteiger partial charge in [-0.2, -0.15) is 22.0 Å². The summed E-state index contributed by atoms with van der Waals surface area (Å²) in [5, 5.41) is 5.90. The molecule has 1 saturated carbocycles. The summed E-state index contributed by atoms with van der Waals surface area (Å²) >= 11 is -1.10. The fourth-order valence-corrected chi connectivity index (χ4v) is 2.37. The van der Waals surface area contributed by atoms with E-state index in [1.807, 2.05) is 0 Å². The van der Waals surface area contributed by atoms with Crippen LogP contribution in [0.15, 0.2) is 0 Å². The zero-order chi connectivity index (χ0) is 16.1. The van der Waals surface area contributed by atoms with E-state index in [-0.39, 0.29) is 0 Å². The molecule has 11 heteroatoms. The molecular weight excluding hydrogens is 327 g/mol. The van der Waals surface area contributed by atoms with Crippen LogP contribution in [-0.2, 0) is 18.9 Å². The van der Waals surface area contributed by atoms with Crippen molar-refractivity contribution >= 4 is 18.0 Å². The highest BCUT2D eigenvalue weighted by Gasteiger charge is 2.60. The van der Waals surface area contributed by atoms with E-state index in [0.717, 1.165) is 6.42 Å². The average Bonchev–Trinajstić information content (AvgIpc) is 2.42. The van der Waals surface area contributed by atoms with Crippen LogP contribution >= 0.6 is 12.0 Å². The molecule has 0 amide bonds. The molecule has 0 aromatic rings. The molecule has 0 spiro atoms. The summed E-state index contributed by atoms with van der Waals surface area (Å²) < 4.78 is 71.9. The summed E-state index contributed by atoms with van der Waals surface area (Å²) in [5.74, 6) is -2.14. The minimum atomic E-state index is -5.50. The lowest BCUT2D eigenvalue weighted by atomic mass is 9.89. The molecule has 0 aliphatic heterocycles. The zero-order valence-corrected chi connectivity index (χ0v) is 11.4. The first-order valence-electron chi connectivity index (χ1n) is 5.99. The molecule has 0 radical (unpaired) electrons. The van der Waals surface area contributed by atoms with Crippen molar-refractivity contribution in [1.82, 2.24) is 0 Å². The molecule has 1 atom stereocenters. The number of esters is 1. The summed E-state index contributed by atoms with van der Waals surface area (Å²) in [5.41, 5.74) is 0. The molecule has 0 saturated heterocycles. The van der Waals surface area contributed by atoms with Gasteiger partial charge in [-0.05, 0) is 12.8 Å². The second-order valence-corrected chi connectivity index (χ2v) is 5.33. The Morgan fingerprint density at radius 1 is 1.14 bits per heavy atom. The number of carbonyl (C=O) groups is 1. The molecule has 5 nitrogen and oxygen atoms in total. The van der Waals surface area contributed by atoms with Gasteiger partial charge in [0, 0.05) is 0 Å². The lowest BCUT2D eigenvalue weighted by molar-refractivity contribution is -0.434. The molecule has 0 heterocycles. The Balaban J connectivity index is 2.76. The van der Waals surface area contributed by atoms with Crippen LogP contribution in [0.3, 0.4) is 0 Å². The van der Waals surface area contributed by atoms with Crippen LogP contribution in [-0.4, -0.2) is 28.8 Å². The maximum Gasteiger partial charge on any atom is 0.432 e. The van der Waals surface area contributed by atoms with Gasteiger partial charge in [-0.1, -0.05) is 24.3 Å². The van der Waals surface area contributed by atoms with E-state index in [2.05, 4.69) is 14.1 Å². The van der Waals surface area contributed by atoms with E-state index in [9.17, 15) is 26.7 Å². The predicted octanol–water partition coefficient (Wildman–Crippen LogP) is 3.70. The molecule has 1 fully saturated rings. The van der Waals surface area contributed by atoms with Gasteiger partial charge in [0.1, 0.15) is 12.0 Å². The van der Waals surface area contributed by atoms with Crippen LogP contribution in [0.2, 0.25) is 0 Å². The van der Waals surface area contributed by atoms with Gasteiger partial charge >= 0.3 is 17.4 Å². The molecule has 1 rings (SSSR count). The van der Waals surface area contributed by atoms with E-state index >= 15 is 0 Å². The van der Waals surface area contributed by atoms with Crippen molar-refractivity contribution in [3.05, 3.63) is 0 Å². The number of halogens is 5. The Bertz CT molecular complexity index is 345. The van der Waals surface area contributed by atoms with Crippen LogP contribution in [0.5, 0.6) is 0 Å². The summed E-state index contributed by atoms with van der Waals surface area (Å²) in [7, 11) is 0. The maximum atomic E-state index is 13.3. The van der Waals surface area contributed by atoms with Crippen molar-refractivity contribution in [2.24, 2.45) is 5.92 Å². The Morgan fingerprint density at radius 2 is 1.71 bits per heavy atom. The second-order valence-electron chi connectivity index (χ2n) is 4.48. The molecule has 1 unspecified atom stereocenters. The Kier molecular flexibility index (Phi) is 6.63. The van der Waals surface area contributed by atoms with Crippen LogP contribution in [0.25, 0.3) is 0 Å². The fourth-order valence-electron chi connectivity index (χ4n) is 1.98. The van der Waals surface area contributed by atoms with Gasteiger partial charge in [0.2, 0.25) is 0 Å². The first-order valence-corrected chi connectivity index (χ1v) is 6.73. The molecule has 1 aliphatic rings. The molecule has 0 aromatic carbocycles. The summed E-state index contributed by atoms with van der Waals surface area (Å²) in [6, 6.07) is 0. The van der Waals surface area contributed by atoms with E-state index < -0.39 is 41.5 Å².